The molecule has 0 spiro atoms. The van der Waals surface area contributed by atoms with Gasteiger partial charge in [0.2, 0.25) is 0 Å². The molecule has 1 heterocycles. The minimum Gasteiger partial charge on any atom is -0.497 e. The van der Waals surface area contributed by atoms with Gasteiger partial charge in [0, 0.05) is 6.20 Å². The minimum atomic E-state index is -0.427. The largest absolute Gasteiger partial charge is 0.497 e. The van der Waals surface area contributed by atoms with Crippen LogP contribution >= 0.6 is 11.6 Å². The average molecular weight is 328 g/mol. The van der Waals surface area contributed by atoms with Gasteiger partial charge in [-0.2, -0.15) is 0 Å². The maximum atomic E-state index is 12.0. The molecule has 0 unspecified atom stereocenters. The third-order valence-corrected chi connectivity index (χ3v) is 3.67. The van der Waals surface area contributed by atoms with Gasteiger partial charge in [0.1, 0.15) is 17.5 Å². The van der Waals surface area contributed by atoms with Crippen LogP contribution in [0.5, 0.6) is 5.75 Å². The van der Waals surface area contributed by atoms with E-state index in [0.717, 1.165) is 22.1 Å². The first-order valence-electron chi connectivity index (χ1n) is 7.01. The Bertz CT molecular complexity index is 847. The van der Waals surface area contributed by atoms with Crippen molar-refractivity contribution in [1.82, 2.24) is 4.98 Å². The fourth-order valence-corrected chi connectivity index (χ4v) is 2.33. The van der Waals surface area contributed by atoms with Crippen LogP contribution in [0.25, 0.3) is 10.8 Å². The van der Waals surface area contributed by atoms with E-state index in [1.54, 1.807) is 19.2 Å². The second kappa shape index (κ2) is 6.67. The first-order chi connectivity index (χ1) is 11.2. The molecule has 0 saturated carbocycles. The summed E-state index contributed by atoms with van der Waals surface area (Å²) >= 11 is 5.69. The quantitative estimate of drug-likeness (QED) is 0.531. The van der Waals surface area contributed by atoms with Crippen molar-refractivity contribution in [3.8, 4) is 5.75 Å². The van der Waals surface area contributed by atoms with Crippen molar-refractivity contribution in [2.45, 2.75) is 6.61 Å². The molecule has 0 saturated heterocycles. The molecule has 0 amide bonds. The van der Waals surface area contributed by atoms with Crippen molar-refractivity contribution in [2.24, 2.45) is 0 Å². The molecule has 0 N–H and O–H groups in total. The lowest BCUT2D eigenvalue weighted by Crippen LogP contribution is -2.05. The van der Waals surface area contributed by atoms with Crippen molar-refractivity contribution in [1.29, 1.82) is 0 Å². The predicted octanol–water partition coefficient (Wildman–Crippen LogP) is 4.25. The molecule has 2 aromatic carbocycles. The van der Waals surface area contributed by atoms with Crippen LogP contribution in [0, 0.1) is 0 Å². The Kier molecular flexibility index (Phi) is 4.44. The number of ether oxygens (including phenoxy) is 2. The molecule has 0 aliphatic heterocycles. The summed E-state index contributed by atoms with van der Waals surface area (Å²) in [6.45, 7) is 0.198. The Balaban J connectivity index is 1.71. The van der Waals surface area contributed by atoms with E-state index in [0.29, 0.717) is 10.7 Å². The Morgan fingerprint density at radius 1 is 1.09 bits per heavy atom. The molecule has 1 aromatic heterocycles. The minimum absolute atomic E-state index is 0.198. The van der Waals surface area contributed by atoms with Gasteiger partial charge < -0.3 is 9.47 Å². The highest BCUT2D eigenvalue weighted by Gasteiger charge is 2.08. The van der Waals surface area contributed by atoms with Crippen molar-refractivity contribution >= 4 is 28.3 Å². The topological polar surface area (TPSA) is 48.4 Å². The van der Waals surface area contributed by atoms with E-state index in [4.69, 9.17) is 21.1 Å². The smallest absolute Gasteiger partial charge is 0.340 e. The first-order valence-corrected chi connectivity index (χ1v) is 7.39. The zero-order chi connectivity index (χ0) is 16.2. The summed E-state index contributed by atoms with van der Waals surface area (Å²) < 4.78 is 10.5. The number of carbonyl (C=O) groups is 1. The number of nitrogens with zero attached hydrogens (tertiary/aromatic N) is 1. The van der Waals surface area contributed by atoms with Crippen molar-refractivity contribution in [3.05, 3.63) is 71.0 Å². The van der Waals surface area contributed by atoms with Crippen LogP contribution < -0.4 is 4.74 Å². The molecule has 0 atom stereocenters. The number of esters is 1. The van der Waals surface area contributed by atoms with Gasteiger partial charge in [-0.1, -0.05) is 29.8 Å². The van der Waals surface area contributed by atoms with Crippen molar-refractivity contribution < 1.29 is 14.3 Å². The zero-order valence-electron chi connectivity index (χ0n) is 12.5. The van der Waals surface area contributed by atoms with E-state index in [-0.39, 0.29) is 6.61 Å². The molecule has 23 heavy (non-hydrogen) atoms. The van der Waals surface area contributed by atoms with E-state index in [1.807, 2.05) is 36.4 Å². The number of carbonyl (C=O) groups excluding carboxylic acids is 1. The lowest BCUT2D eigenvalue weighted by molar-refractivity contribution is 0.0472. The van der Waals surface area contributed by atoms with E-state index in [2.05, 4.69) is 4.98 Å². The van der Waals surface area contributed by atoms with Gasteiger partial charge in [0.05, 0.1) is 12.7 Å². The number of methoxy groups -OCH3 is 1. The molecule has 116 valence electrons. The highest BCUT2D eigenvalue weighted by atomic mass is 35.5. The van der Waals surface area contributed by atoms with Crippen molar-refractivity contribution in [3.63, 3.8) is 0 Å². The van der Waals surface area contributed by atoms with E-state index in [9.17, 15) is 4.79 Å². The van der Waals surface area contributed by atoms with Gasteiger partial charge in [0.25, 0.3) is 0 Å². The first kappa shape index (κ1) is 15.3. The number of benzene rings is 2. The van der Waals surface area contributed by atoms with Gasteiger partial charge in [-0.3, -0.25) is 0 Å². The lowest BCUT2D eigenvalue weighted by atomic mass is 10.1. The second-order valence-electron chi connectivity index (χ2n) is 4.99. The maximum absolute atomic E-state index is 12.0. The summed E-state index contributed by atoms with van der Waals surface area (Å²) in [5, 5.41) is 2.47. The third kappa shape index (κ3) is 3.60. The molecule has 0 bridgehead atoms. The van der Waals surface area contributed by atoms with Crippen LogP contribution in [0.1, 0.15) is 15.9 Å². The van der Waals surface area contributed by atoms with Gasteiger partial charge >= 0.3 is 5.97 Å². The van der Waals surface area contributed by atoms with Crippen LogP contribution in [0.4, 0.5) is 0 Å². The SMILES string of the molecule is COc1ccc2cc(COC(=O)c3ccc(Cl)nc3)ccc2c1. The van der Waals surface area contributed by atoms with E-state index < -0.39 is 5.97 Å². The Hall–Kier alpha value is -2.59. The summed E-state index contributed by atoms with van der Waals surface area (Å²) in [7, 11) is 1.64. The third-order valence-electron chi connectivity index (χ3n) is 3.44. The van der Waals surface area contributed by atoms with Gasteiger partial charge in [-0.05, 0) is 46.7 Å². The van der Waals surface area contributed by atoms with Crippen LogP contribution in [0.3, 0.4) is 0 Å². The molecule has 0 aliphatic rings. The van der Waals surface area contributed by atoms with Crippen LogP contribution in [0.15, 0.2) is 54.7 Å². The number of aromatic nitrogens is 1. The molecule has 0 radical (unpaired) electrons. The Labute approximate surface area is 138 Å². The fraction of sp³-hybridized carbons (Fsp3) is 0.111. The number of hydrogen-bond donors (Lipinski definition) is 0. The van der Waals surface area contributed by atoms with Crippen molar-refractivity contribution in [2.75, 3.05) is 7.11 Å². The number of rotatable bonds is 4. The molecule has 3 aromatic rings. The normalized spacial score (nSPS) is 10.5. The number of fused-ring (bicyclic) bond motifs is 1. The molecule has 3 rings (SSSR count). The van der Waals surface area contributed by atoms with Gasteiger partial charge in [-0.15, -0.1) is 0 Å². The highest BCUT2D eigenvalue weighted by Crippen LogP contribution is 2.22. The lowest BCUT2D eigenvalue weighted by Gasteiger charge is -2.07. The molecule has 5 heteroatoms. The average Bonchev–Trinajstić information content (AvgIpc) is 2.59. The molecule has 0 fully saturated rings. The van der Waals surface area contributed by atoms with E-state index >= 15 is 0 Å². The van der Waals surface area contributed by atoms with Crippen LogP contribution in [-0.2, 0) is 11.3 Å². The summed E-state index contributed by atoms with van der Waals surface area (Å²) in [6.07, 6.45) is 1.40. The number of hydrogen-bond acceptors (Lipinski definition) is 4. The van der Waals surface area contributed by atoms with Gasteiger partial charge in [-0.25, -0.2) is 9.78 Å². The molecule has 0 aliphatic carbocycles. The second-order valence-corrected chi connectivity index (χ2v) is 5.38. The summed E-state index contributed by atoms with van der Waals surface area (Å²) in [4.78, 5) is 15.8. The summed E-state index contributed by atoms with van der Waals surface area (Å²) in [5.74, 6) is 0.385. The van der Waals surface area contributed by atoms with Gasteiger partial charge in [0.15, 0.2) is 0 Å². The molecular weight excluding hydrogens is 314 g/mol. The van der Waals surface area contributed by atoms with E-state index in [1.165, 1.54) is 6.20 Å². The predicted molar refractivity (Wildman–Crippen MR) is 88.9 cm³/mol. The monoisotopic (exact) mass is 327 g/mol. The van der Waals surface area contributed by atoms with Crippen LogP contribution in [-0.4, -0.2) is 18.1 Å². The Morgan fingerprint density at radius 2 is 1.87 bits per heavy atom. The summed E-state index contributed by atoms with van der Waals surface area (Å²) in [6, 6.07) is 14.9. The fourth-order valence-electron chi connectivity index (χ4n) is 2.22. The standard InChI is InChI=1S/C18H14ClNO3/c1-22-16-6-4-13-8-12(2-3-14(13)9-16)11-23-18(21)15-5-7-17(19)20-10-15/h2-10H,11H2,1H3. The zero-order valence-corrected chi connectivity index (χ0v) is 13.2. The highest BCUT2D eigenvalue weighted by molar-refractivity contribution is 6.29. The Morgan fingerprint density at radius 3 is 2.61 bits per heavy atom. The molecular formula is C18H14ClNO3. The molecule has 4 nitrogen and oxygen atoms in total. The van der Waals surface area contributed by atoms with Crippen LogP contribution in [0.2, 0.25) is 5.15 Å². The summed E-state index contributed by atoms with van der Waals surface area (Å²) in [5.41, 5.74) is 1.29. The maximum Gasteiger partial charge on any atom is 0.340 e. The number of pyridine rings is 1. The number of halogens is 1.